The maximum atomic E-state index is 4.35. The number of thiol groups is 1. The van der Waals surface area contributed by atoms with Crippen molar-refractivity contribution in [2.45, 2.75) is 24.0 Å². The maximum Gasteiger partial charge on any atom is 0.0230 e. The second-order valence-electron chi connectivity index (χ2n) is 1.90. The summed E-state index contributed by atoms with van der Waals surface area (Å²) in [6.45, 7) is 2.19. The van der Waals surface area contributed by atoms with Gasteiger partial charge in [0.15, 0.2) is 0 Å². The smallest absolute Gasteiger partial charge is 0.0230 e. The van der Waals surface area contributed by atoms with E-state index in [9.17, 15) is 0 Å². The Balaban J connectivity index is 3.10. The standard InChI is InChI=1S/C4H13P3S/c1-3(5)2-4(8)7-6/h3-4,7-8H,2,5-6H2,1H3/t3-,4?/m1/s1. The van der Waals surface area contributed by atoms with Gasteiger partial charge >= 0.3 is 0 Å². The lowest BCUT2D eigenvalue weighted by Gasteiger charge is -2.08. The van der Waals surface area contributed by atoms with Crippen LogP contribution in [0.3, 0.4) is 0 Å². The minimum Gasteiger partial charge on any atom is -0.171 e. The summed E-state index contributed by atoms with van der Waals surface area (Å²) in [6, 6.07) is 0. The second-order valence-corrected chi connectivity index (χ2v) is 6.17. The molecule has 0 saturated carbocycles. The van der Waals surface area contributed by atoms with Crippen LogP contribution in [-0.4, -0.2) is 10.7 Å². The van der Waals surface area contributed by atoms with Gasteiger partial charge in [0.25, 0.3) is 0 Å². The lowest BCUT2D eigenvalue weighted by molar-refractivity contribution is 0.894. The molecule has 0 fully saturated rings. The fourth-order valence-corrected chi connectivity index (χ4v) is 2.44. The van der Waals surface area contributed by atoms with Gasteiger partial charge in [-0.05, 0) is 12.1 Å². The van der Waals surface area contributed by atoms with Gasteiger partial charge in [-0.15, -0.1) is 18.2 Å². The molecule has 0 saturated heterocycles. The van der Waals surface area contributed by atoms with Crippen molar-refractivity contribution in [1.82, 2.24) is 0 Å². The van der Waals surface area contributed by atoms with Crippen molar-refractivity contribution in [3.63, 3.8) is 0 Å². The van der Waals surface area contributed by atoms with Crippen LogP contribution >= 0.6 is 39.1 Å². The molecule has 0 aromatic heterocycles. The first kappa shape index (κ1) is 9.64. The number of hydrogen-bond donors (Lipinski definition) is 1. The second kappa shape index (κ2) is 5.43. The van der Waals surface area contributed by atoms with Gasteiger partial charge in [0, 0.05) is 4.99 Å². The van der Waals surface area contributed by atoms with Gasteiger partial charge < -0.3 is 0 Å². The summed E-state index contributed by atoms with van der Waals surface area (Å²) in [7, 11) is 6.40. The molecule has 0 aromatic carbocycles. The first-order chi connectivity index (χ1) is 3.66. The van der Waals surface area contributed by atoms with E-state index in [-0.39, 0.29) is 0 Å². The van der Waals surface area contributed by atoms with Crippen molar-refractivity contribution in [2.24, 2.45) is 0 Å². The van der Waals surface area contributed by atoms with Crippen LogP contribution in [0.25, 0.3) is 0 Å². The molecule has 8 heavy (non-hydrogen) atoms. The van der Waals surface area contributed by atoms with Crippen molar-refractivity contribution in [3.8, 4) is 0 Å². The summed E-state index contributed by atoms with van der Waals surface area (Å²) >= 11 is 4.35. The van der Waals surface area contributed by atoms with Crippen molar-refractivity contribution < 1.29 is 0 Å². The molecule has 5 atom stereocenters. The number of hydrogen-bond acceptors (Lipinski definition) is 1. The van der Waals surface area contributed by atoms with Gasteiger partial charge in [-0.25, -0.2) is 0 Å². The van der Waals surface area contributed by atoms with Gasteiger partial charge in [-0.2, -0.15) is 12.6 Å². The predicted octanol–water partition coefficient (Wildman–Crippen LogP) is 2.36. The highest BCUT2D eigenvalue weighted by molar-refractivity contribution is 8.09. The SMILES string of the molecule is C[C@@H](P)CC(S)PP. The molecule has 0 aromatic rings. The summed E-state index contributed by atoms with van der Waals surface area (Å²) in [4.78, 5) is 0.590. The largest absolute Gasteiger partial charge is 0.171 e. The summed E-state index contributed by atoms with van der Waals surface area (Å²) in [5.41, 5.74) is 0.713. The molecule has 0 radical (unpaired) electrons. The van der Waals surface area contributed by atoms with Crippen molar-refractivity contribution in [3.05, 3.63) is 0 Å². The zero-order chi connectivity index (χ0) is 6.57. The van der Waals surface area contributed by atoms with E-state index < -0.39 is 0 Å². The fourth-order valence-electron chi connectivity index (χ4n) is 0.420. The molecule has 4 unspecified atom stereocenters. The Kier molecular flexibility index (Phi) is 6.54. The Bertz CT molecular complexity index is 57.2. The molecule has 0 spiro atoms. The van der Waals surface area contributed by atoms with E-state index in [4.69, 9.17) is 0 Å². The van der Waals surface area contributed by atoms with Crippen LogP contribution in [0.2, 0.25) is 0 Å². The molecular formula is C4H13P3S. The Labute approximate surface area is 63.5 Å². The molecule has 0 aliphatic heterocycles. The summed E-state index contributed by atoms with van der Waals surface area (Å²) in [6.07, 6.45) is 1.20. The average Bonchev–Trinajstić information content (AvgIpc) is 1.65. The highest BCUT2D eigenvalue weighted by Crippen LogP contribution is 2.34. The Morgan fingerprint density at radius 2 is 2.25 bits per heavy atom. The van der Waals surface area contributed by atoms with Crippen molar-refractivity contribution in [2.75, 3.05) is 0 Å². The van der Waals surface area contributed by atoms with E-state index in [2.05, 4.69) is 37.7 Å². The first-order valence-electron chi connectivity index (χ1n) is 2.56. The van der Waals surface area contributed by atoms with E-state index >= 15 is 0 Å². The van der Waals surface area contributed by atoms with Crippen molar-refractivity contribution >= 4 is 39.1 Å². The zero-order valence-electron chi connectivity index (χ0n) is 4.96. The van der Waals surface area contributed by atoms with Crippen LogP contribution in [0.5, 0.6) is 0 Å². The molecule has 0 aliphatic carbocycles. The quantitative estimate of drug-likeness (QED) is 0.507. The highest BCUT2D eigenvalue weighted by Gasteiger charge is 2.01. The minimum atomic E-state index is 0.590. The number of rotatable bonds is 3. The molecular weight excluding hydrogens is 173 g/mol. The van der Waals surface area contributed by atoms with Crippen LogP contribution in [-0.2, 0) is 0 Å². The monoisotopic (exact) mass is 186 g/mol. The van der Waals surface area contributed by atoms with E-state index in [1.54, 1.807) is 0 Å². The molecule has 0 amide bonds. The Morgan fingerprint density at radius 1 is 1.75 bits per heavy atom. The maximum absolute atomic E-state index is 4.35. The van der Waals surface area contributed by atoms with Crippen LogP contribution in [0, 0.1) is 0 Å². The third-order valence-electron chi connectivity index (χ3n) is 0.787. The molecule has 50 valence electrons. The van der Waals surface area contributed by atoms with E-state index in [0.717, 1.165) is 8.27 Å². The predicted molar refractivity (Wildman–Crippen MR) is 54.6 cm³/mol. The Morgan fingerprint density at radius 3 is 2.38 bits per heavy atom. The third-order valence-corrected chi connectivity index (χ3v) is 4.39. The molecule has 0 rings (SSSR count). The molecule has 0 nitrogen and oxygen atoms in total. The van der Waals surface area contributed by atoms with Crippen LogP contribution in [0.4, 0.5) is 0 Å². The highest BCUT2D eigenvalue weighted by atomic mass is 32.1. The Hall–Kier alpha value is 1.64. The van der Waals surface area contributed by atoms with Crippen LogP contribution in [0.15, 0.2) is 0 Å². The van der Waals surface area contributed by atoms with Gasteiger partial charge in [0.1, 0.15) is 0 Å². The topological polar surface area (TPSA) is 0 Å². The zero-order valence-corrected chi connectivity index (χ0v) is 9.17. The average molecular weight is 186 g/mol. The van der Waals surface area contributed by atoms with Gasteiger partial charge in [0.2, 0.25) is 0 Å². The normalized spacial score (nSPS) is 19.5. The summed E-state index contributed by atoms with van der Waals surface area (Å²) < 4.78 is 0. The van der Waals surface area contributed by atoms with E-state index in [1.165, 1.54) is 6.42 Å². The fraction of sp³-hybridized carbons (Fsp3) is 1.00. The summed E-state index contributed by atoms with van der Waals surface area (Å²) in [5.74, 6) is 0. The molecule has 0 aliphatic rings. The third kappa shape index (κ3) is 5.77. The van der Waals surface area contributed by atoms with E-state index in [1.807, 2.05) is 0 Å². The minimum absolute atomic E-state index is 0.590. The van der Waals surface area contributed by atoms with Gasteiger partial charge in [-0.3, -0.25) is 0 Å². The summed E-state index contributed by atoms with van der Waals surface area (Å²) in [5, 5.41) is 0. The molecule has 0 bridgehead atoms. The van der Waals surface area contributed by atoms with Crippen molar-refractivity contribution in [1.29, 1.82) is 0 Å². The lowest BCUT2D eigenvalue weighted by atomic mass is 10.4. The van der Waals surface area contributed by atoms with Gasteiger partial charge in [-0.1, -0.05) is 15.2 Å². The van der Waals surface area contributed by atoms with Crippen LogP contribution in [0.1, 0.15) is 13.3 Å². The lowest BCUT2D eigenvalue weighted by Crippen LogP contribution is -1.96. The van der Waals surface area contributed by atoms with E-state index in [0.29, 0.717) is 10.7 Å². The molecule has 0 heterocycles. The molecule has 4 heteroatoms. The first-order valence-corrected chi connectivity index (χ1v) is 6.63. The van der Waals surface area contributed by atoms with Gasteiger partial charge in [0.05, 0.1) is 0 Å². The molecule has 0 N–H and O–H groups in total. The van der Waals surface area contributed by atoms with Crippen LogP contribution < -0.4 is 0 Å².